The highest BCUT2D eigenvalue weighted by molar-refractivity contribution is 7.89. The van der Waals surface area contributed by atoms with Gasteiger partial charge in [0.1, 0.15) is 0 Å². The number of primary sulfonamides is 1. The normalized spacial score (nSPS) is 13.7. The summed E-state index contributed by atoms with van der Waals surface area (Å²) in [5.41, 5.74) is 1.03. The molecule has 0 unspecified atom stereocenters. The predicted molar refractivity (Wildman–Crippen MR) is 87.9 cm³/mol. The van der Waals surface area contributed by atoms with Crippen molar-refractivity contribution < 1.29 is 16.8 Å². The minimum atomic E-state index is -3.84. The molecule has 8 heteroatoms. The number of rotatable bonds is 6. The molecular formula is C15H18N2O4S2. The molecule has 2 rings (SSSR count). The van der Waals surface area contributed by atoms with Crippen LogP contribution in [-0.4, -0.2) is 23.4 Å². The van der Waals surface area contributed by atoms with E-state index in [2.05, 4.69) is 4.72 Å². The van der Waals surface area contributed by atoms with Crippen molar-refractivity contribution in [3.05, 3.63) is 60.2 Å². The van der Waals surface area contributed by atoms with Crippen molar-refractivity contribution in [1.82, 2.24) is 4.72 Å². The Balaban J connectivity index is 2.10. The van der Waals surface area contributed by atoms with Crippen molar-refractivity contribution in [2.75, 3.05) is 6.54 Å². The monoisotopic (exact) mass is 354 g/mol. The molecule has 0 aromatic heterocycles. The molecule has 0 heterocycles. The fraction of sp³-hybridized carbons (Fsp3) is 0.200. The van der Waals surface area contributed by atoms with E-state index in [0.29, 0.717) is 0 Å². The number of hydrogen-bond acceptors (Lipinski definition) is 4. The summed E-state index contributed by atoms with van der Waals surface area (Å²) in [7, 11) is -7.55. The first-order valence-electron chi connectivity index (χ1n) is 6.87. The number of nitrogens with two attached hydrogens (primary N) is 1. The van der Waals surface area contributed by atoms with Gasteiger partial charge in [0, 0.05) is 6.54 Å². The molecule has 0 fully saturated rings. The molecule has 0 aliphatic rings. The van der Waals surface area contributed by atoms with Gasteiger partial charge in [-0.1, -0.05) is 37.3 Å². The summed E-state index contributed by atoms with van der Waals surface area (Å²) in [5.74, 6) is 0.00895. The van der Waals surface area contributed by atoms with Gasteiger partial charge in [0.2, 0.25) is 20.0 Å². The van der Waals surface area contributed by atoms with Crippen LogP contribution in [0, 0.1) is 0 Å². The van der Waals surface area contributed by atoms with Crippen LogP contribution in [0.5, 0.6) is 0 Å². The van der Waals surface area contributed by atoms with Crippen LogP contribution in [0.2, 0.25) is 0 Å². The molecular weight excluding hydrogens is 336 g/mol. The Hall–Kier alpha value is -1.74. The summed E-state index contributed by atoms with van der Waals surface area (Å²) in [6.07, 6.45) is 0. The van der Waals surface area contributed by atoms with Crippen LogP contribution in [-0.2, 0) is 20.0 Å². The van der Waals surface area contributed by atoms with Gasteiger partial charge in [-0.2, -0.15) is 0 Å². The van der Waals surface area contributed by atoms with E-state index in [0.717, 1.165) is 5.56 Å². The van der Waals surface area contributed by atoms with Crippen LogP contribution >= 0.6 is 0 Å². The van der Waals surface area contributed by atoms with Crippen LogP contribution in [0.25, 0.3) is 0 Å². The van der Waals surface area contributed by atoms with Crippen LogP contribution in [0.1, 0.15) is 18.4 Å². The molecule has 6 nitrogen and oxygen atoms in total. The van der Waals surface area contributed by atoms with E-state index >= 15 is 0 Å². The third kappa shape index (κ3) is 4.61. The van der Waals surface area contributed by atoms with Crippen LogP contribution in [0.15, 0.2) is 64.4 Å². The third-order valence-corrected chi connectivity index (χ3v) is 5.78. The molecule has 23 heavy (non-hydrogen) atoms. The van der Waals surface area contributed by atoms with Crippen molar-refractivity contribution >= 4 is 20.0 Å². The second kappa shape index (κ2) is 6.79. The standard InChI is InChI=1S/C15H18N2O4S2/c1-12(13-5-3-2-4-6-13)11-17-23(20,21)15-9-7-14(8-10-15)22(16,18)19/h2-10,12,17H,11H2,1H3,(H2,16,18,19)/t12-/m1/s1. The minimum absolute atomic E-state index is 0.00895. The molecule has 1 atom stereocenters. The van der Waals surface area contributed by atoms with Gasteiger partial charge in [-0.25, -0.2) is 26.7 Å². The van der Waals surface area contributed by atoms with Gasteiger partial charge in [-0.3, -0.25) is 0 Å². The molecule has 0 spiro atoms. The smallest absolute Gasteiger partial charge is 0.225 e. The Kier molecular flexibility index (Phi) is 5.20. The maximum absolute atomic E-state index is 12.2. The predicted octanol–water partition coefficient (Wildman–Crippen LogP) is 1.42. The topological polar surface area (TPSA) is 106 Å². The maximum atomic E-state index is 12.2. The summed E-state index contributed by atoms with van der Waals surface area (Å²) < 4.78 is 49.4. The largest absolute Gasteiger partial charge is 0.240 e. The van der Waals surface area contributed by atoms with E-state index in [9.17, 15) is 16.8 Å². The van der Waals surface area contributed by atoms with E-state index in [-0.39, 0.29) is 22.3 Å². The fourth-order valence-electron chi connectivity index (χ4n) is 2.03. The Labute approximate surface area is 136 Å². The van der Waals surface area contributed by atoms with E-state index < -0.39 is 20.0 Å². The second-order valence-corrected chi connectivity index (χ2v) is 8.51. The van der Waals surface area contributed by atoms with Crippen molar-refractivity contribution in [3.63, 3.8) is 0 Å². The molecule has 0 aliphatic heterocycles. The molecule has 124 valence electrons. The van der Waals surface area contributed by atoms with Gasteiger partial charge in [0.15, 0.2) is 0 Å². The molecule has 0 aliphatic carbocycles. The third-order valence-electron chi connectivity index (χ3n) is 3.41. The van der Waals surface area contributed by atoms with E-state index in [4.69, 9.17) is 5.14 Å². The lowest BCUT2D eigenvalue weighted by atomic mass is 10.0. The highest BCUT2D eigenvalue weighted by Crippen LogP contribution is 2.16. The van der Waals surface area contributed by atoms with Crippen LogP contribution < -0.4 is 9.86 Å². The number of sulfonamides is 2. The first-order chi connectivity index (χ1) is 10.7. The lowest BCUT2D eigenvalue weighted by Gasteiger charge is -2.13. The highest BCUT2D eigenvalue weighted by Gasteiger charge is 2.17. The van der Waals surface area contributed by atoms with Gasteiger partial charge in [0.05, 0.1) is 9.79 Å². The lowest BCUT2D eigenvalue weighted by molar-refractivity contribution is 0.574. The molecule has 2 aromatic carbocycles. The highest BCUT2D eigenvalue weighted by atomic mass is 32.2. The van der Waals surface area contributed by atoms with Crippen molar-refractivity contribution in [2.24, 2.45) is 5.14 Å². The second-order valence-electron chi connectivity index (χ2n) is 5.18. The van der Waals surface area contributed by atoms with E-state index in [1.807, 2.05) is 37.3 Å². The molecule has 0 amide bonds. The summed E-state index contributed by atoms with van der Waals surface area (Å²) in [6, 6.07) is 14.3. The average Bonchev–Trinajstić information content (AvgIpc) is 2.53. The maximum Gasteiger partial charge on any atom is 0.240 e. The van der Waals surface area contributed by atoms with Crippen LogP contribution in [0.3, 0.4) is 0 Å². The zero-order valence-corrected chi connectivity index (χ0v) is 14.1. The Morgan fingerprint density at radius 3 is 1.96 bits per heavy atom. The molecule has 3 N–H and O–H groups in total. The van der Waals surface area contributed by atoms with Gasteiger partial charge in [-0.05, 0) is 35.7 Å². The summed E-state index contributed by atoms with van der Waals surface area (Å²) in [5, 5.41) is 4.99. The van der Waals surface area contributed by atoms with E-state index in [1.54, 1.807) is 0 Å². The summed E-state index contributed by atoms with van der Waals surface area (Å²) >= 11 is 0. The first-order valence-corrected chi connectivity index (χ1v) is 9.90. The number of hydrogen-bond donors (Lipinski definition) is 2. The van der Waals surface area contributed by atoms with Crippen LogP contribution in [0.4, 0.5) is 0 Å². The minimum Gasteiger partial charge on any atom is -0.225 e. The van der Waals surface area contributed by atoms with Crippen molar-refractivity contribution in [3.8, 4) is 0 Å². The first kappa shape index (κ1) is 17.6. The van der Waals surface area contributed by atoms with Crippen molar-refractivity contribution in [1.29, 1.82) is 0 Å². The molecule has 0 radical (unpaired) electrons. The van der Waals surface area contributed by atoms with Gasteiger partial charge in [0.25, 0.3) is 0 Å². The van der Waals surface area contributed by atoms with Gasteiger partial charge < -0.3 is 0 Å². The molecule has 2 aromatic rings. The number of benzene rings is 2. The Bertz CT molecular complexity index is 861. The fourth-order valence-corrected chi connectivity index (χ4v) is 3.67. The average molecular weight is 354 g/mol. The van der Waals surface area contributed by atoms with Gasteiger partial charge >= 0.3 is 0 Å². The molecule has 0 saturated carbocycles. The zero-order valence-electron chi connectivity index (χ0n) is 12.5. The Morgan fingerprint density at radius 1 is 0.913 bits per heavy atom. The lowest BCUT2D eigenvalue weighted by Crippen LogP contribution is -2.27. The van der Waals surface area contributed by atoms with Gasteiger partial charge in [-0.15, -0.1) is 0 Å². The molecule has 0 saturated heterocycles. The van der Waals surface area contributed by atoms with E-state index in [1.165, 1.54) is 24.3 Å². The Morgan fingerprint density at radius 2 is 1.43 bits per heavy atom. The summed E-state index contributed by atoms with van der Waals surface area (Å²) in [4.78, 5) is -0.140. The summed E-state index contributed by atoms with van der Waals surface area (Å²) in [6.45, 7) is 2.16. The zero-order chi connectivity index (χ0) is 17.1. The molecule has 0 bridgehead atoms. The SMILES string of the molecule is C[C@H](CNS(=O)(=O)c1ccc(S(N)(=O)=O)cc1)c1ccccc1. The quantitative estimate of drug-likeness (QED) is 0.818. The van der Waals surface area contributed by atoms with Crippen molar-refractivity contribution in [2.45, 2.75) is 22.6 Å². The number of nitrogens with one attached hydrogen (secondary N) is 1.